The van der Waals surface area contributed by atoms with Crippen LogP contribution in [0.3, 0.4) is 0 Å². The summed E-state index contributed by atoms with van der Waals surface area (Å²) in [5, 5.41) is 0. The number of imidazole rings is 1. The number of hydrogen-bond donors (Lipinski definition) is 1. The summed E-state index contributed by atoms with van der Waals surface area (Å²) in [5.74, 6) is 3.02. The number of fused-ring (bicyclic) bond motifs is 1. The minimum Gasteiger partial charge on any atom is -0.497 e. The Morgan fingerprint density at radius 1 is 1.48 bits per heavy atom. The maximum atomic E-state index is 6.17. The minimum absolute atomic E-state index is 0.490. The van der Waals surface area contributed by atoms with Crippen LogP contribution >= 0.6 is 0 Å². The van der Waals surface area contributed by atoms with Gasteiger partial charge in [0, 0.05) is 26.2 Å². The molecular weight excluding hydrogens is 290 g/mol. The Morgan fingerprint density at radius 3 is 3.04 bits per heavy atom. The maximum absolute atomic E-state index is 6.17. The molecule has 23 heavy (non-hydrogen) atoms. The summed E-state index contributed by atoms with van der Waals surface area (Å²) in [7, 11) is 3.67. The van der Waals surface area contributed by atoms with Crippen molar-refractivity contribution in [2.24, 2.45) is 23.7 Å². The maximum Gasteiger partial charge on any atom is 0.191 e. The van der Waals surface area contributed by atoms with Gasteiger partial charge in [0.2, 0.25) is 0 Å². The summed E-state index contributed by atoms with van der Waals surface area (Å²) < 4.78 is 7.32. The lowest BCUT2D eigenvalue weighted by molar-refractivity contribution is 0.270. The Hall–Kier alpha value is -2.24. The molecule has 0 aliphatic carbocycles. The Morgan fingerprint density at radius 2 is 2.30 bits per heavy atom. The molecule has 6 nitrogen and oxygen atoms in total. The van der Waals surface area contributed by atoms with E-state index in [1.807, 2.05) is 25.2 Å². The highest BCUT2D eigenvalue weighted by molar-refractivity contribution is 5.79. The highest BCUT2D eigenvalue weighted by Crippen LogP contribution is 2.21. The predicted octanol–water partition coefficient (Wildman–Crippen LogP) is 2.13. The van der Waals surface area contributed by atoms with Crippen LogP contribution in [-0.2, 0) is 13.6 Å². The van der Waals surface area contributed by atoms with E-state index in [-0.39, 0.29) is 0 Å². The first-order valence-corrected chi connectivity index (χ1v) is 8.12. The van der Waals surface area contributed by atoms with Crippen molar-refractivity contribution in [2.75, 3.05) is 20.2 Å². The molecule has 0 amide bonds. The highest BCUT2D eigenvalue weighted by Gasteiger charge is 2.17. The monoisotopic (exact) mass is 315 g/mol. The van der Waals surface area contributed by atoms with E-state index in [1.165, 1.54) is 12.8 Å². The van der Waals surface area contributed by atoms with Crippen molar-refractivity contribution in [1.29, 1.82) is 0 Å². The summed E-state index contributed by atoms with van der Waals surface area (Å²) in [4.78, 5) is 11.4. The molecule has 1 aliphatic rings. The Balaban J connectivity index is 1.78. The summed E-state index contributed by atoms with van der Waals surface area (Å²) >= 11 is 0. The highest BCUT2D eigenvalue weighted by atomic mass is 16.5. The number of nitrogens with two attached hydrogens (primary N) is 1. The van der Waals surface area contributed by atoms with E-state index in [4.69, 9.17) is 10.5 Å². The van der Waals surface area contributed by atoms with E-state index in [0.717, 1.165) is 35.7 Å². The molecule has 1 unspecified atom stereocenters. The molecule has 1 aliphatic heterocycles. The number of piperidine rings is 1. The number of rotatable bonds is 3. The number of ether oxygens (including phenoxy) is 1. The number of guanidine groups is 1. The number of hydrogen-bond acceptors (Lipinski definition) is 3. The predicted molar refractivity (Wildman–Crippen MR) is 92.6 cm³/mol. The molecule has 2 aromatic rings. The van der Waals surface area contributed by atoms with Crippen molar-refractivity contribution in [3.05, 3.63) is 24.0 Å². The Labute approximate surface area is 137 Å². The molecule has 1 saturated heterocycles. The lowest BCUT2D eigenvalue weighted by Crippen LogP contribution is -2.43. The van der Waals surface area contributed by atoms with Crippen LogP contribution in [0, 0.1) is 5.92 Å². The van der Waals surface area contributed by atoms with Gasteiger partial charge in [-0.3, -0.25) is 0 Å². The second-order valence-corrected chi connectivity index (χ2v) is 6.31. The molecule has 1 atom stereocenters. The number of aliphatic imine (C=N–C) groups is 1. The number of methoxy groups -OCH3 is 1. The molecule has 1 fully saturated rings. The summed E-state index contributed by atoms with van der Waals surface area (Å²) in [5.41, 5.74) is 8.16. The van der Waals surface area contributed by atoms with Crippen molar-refractivity contribution >= 4 is 17.0 Å². The standard InChI is InChI=1S/C17H25N5O/c1-12-5-4-8-22(11-12)17(18)19-10-16-20-14-9-13(23-3)6-7-15(14)21(16)2/h6-7,9,12H,4-5,8,10-11H2,1-3H3,(H2,18,19). The third kappa shape index (κ3) is 3.25. The molecule has 2 N–H and O–H groups in total. The van der Waals surface area contributed by atoms with Crippen molar-refractivity contribution in [1.82, 2.24) is 14.5 Å². The Kier molecular flexibility index (Phi) is 4.41. The van der Waals surface area contributed by atoms with E-state index in [2.05, 4.69) is 26.4 Å². The minimum atomic E-state index is 0.490. The van der Waals surface area contributed by atoms with E-state index in [0.29, 0.717) is 18.4 Å². The van der Waals surface area contributed by atoms with Crippen LogP contribution in [0.1, 0.15) is 25.6 Å². The van der Waals surface area contributed by atoms with E-state index in [9.17, 15) is 0 Å². The zero-order valence-corrected chi connectivity index (χ0v) is 14.1. The number of benzene rings is 1. The summed E-state index contributed by atoms with van der Waals surface area (Å²) in [6.45, 7) is 4.75. The fraction of sp³-hybridized carbons (Fsp3) is 0.529. The molecule has 3 rings (SSSR count). The van der Waals surface area contributed by atoms with E-state index in [1.54, 1.807) is 7.11 Å². The zero-order chi connectivity index (χ0) is 16.4. The van der Waals surface area contributed by atoms with Gasteiger partial charge in [-0.15, -0.1) is 0 Å². The van der Waals surface area contributed by atoms with Gasteiger partial charge in [-0.2, -0.15) is 0 Å². The first-order valence-electron chi connectivity index (χ1n) is 8.12. The molecule has 124 valence electrons. The molecule has 0 spiro atoms. The van der Waals surface area contributed by atoms with Crippen LogP contribution in [0.2, 0.25) is 0 Å². The van der Waals surface area contributed by atoms with Crippen molar-refractivity contribution < 1.29 is 4.74 Å². The lowest BCUT2D eigenvalue weighted by atomic mass is 10.0. The summed E-state index contributed by atoms with van der Waals surface area (Å²) in [6, 6.07) is 5.91. The van der Waals surface area contributed by atoms with Gasteiger partial charge >= 0.3 is 0 Å². The average Bonchev–Trinajstić information content (AvgIpc) is 2.88. The molecule has 0 radical (unpaired) electrons. The average molecular weight is 315 g/mol. The van der Waals surface area contributed by atoms with Gasteiger partial charge in [0.15, 0.2) is 5.96 Å². The van der Waals surface area contributed by atoms with Crippen LogP contribution < -0.4 is 10.5 Å². The number of aryl methyl sites for hydroxylation is 1. The summed E-state index contributed by atoms with van der Waals surface area (Å²) in [6.07, 6.45) is 2.46. The molecule has 0 saturated carbocycles. The van der Waals surface area contributed by atoms with Crippen molar-refractivity contribution in [3.63, 3.8) is 0 Å². The normalized spacial score (nSPS) is 19.3. The van der Waals surface area contributed by atoms with Gasteiger partial charge in [0.1, 0.15) is 18.1 Å². The van der Waals surface area contributed by atoms with Crippen LogP contribution in [0.25, 0.3) is 11.0 Å². The van der Waals surface area contributed by atoms with Gasteiger partial charge in [-0.25, -0.2) is 9.98 Å². The zero-order valence-electron chi connectivity index (χ0n) is 14.1. The Bertz CT molecular complexity index is 721. The molecule has 2 heterocycles. The van der Waals surface area contributed by atoms with Gasteiger partial charge in [-0.1, -0.05) is 6.92 Å². The molecule has 6 heteroatoms. The third-order valence-electron chi connectivity index (χ3n) is 4.54. The fourth-order valence-electron chi connectivity index (χ4n) is 3.15. The van der Waals surface area contributed by atoms with Gasteiger partial charge in [0.25, 0.3) is 0 Å². The van der Waals surface area contributed by atoms with E-state index < -0.39 is 0 Å². The SMILES string of the molecule is COc1ccc2c(c1)nc(CN=C(N)N1CCCC(C)C1)n2C. The first kappa shape index (κ1) is 15.6. The molecule has 1 aromatic carbocycles. The number of likely N-dealkylation sites (tertiary alicyclic amines) is 1. The second-order valence-electron chi connectivity index (χ2n) is 6.31. The largest absolute Gasteiger partial charge is 0.497 e. The quantitative estimate of drug-likeness (QED) is 0.696. The lowest BCUT2D eigenvalue weighted by Gasteiger charge is -2.31. The molecular formula is C17H25N5O. The second kappa shape index (κ2) is 6.48. The van der Waals surface area contributed by atoms with E-state index >= 15 is 0 Å². The van der Waals surface area contributed by atoms with Crippen LogP contribution in [-0.4, -0.2) is 40.6 Å². The van der Waals surface area contributed by atoms with Crippen LogP contribution in [0.15, 0.2) is 23.2 Å². The molecule has 1 aromatic heterocycles. The fourth-order valence-corrected chi connectivity index (χ4v) is 3.15. The molecule has 0 bridgehead atoms. The van der Waals surface area contributed by atoms with Crippen LogP contribution in [0.4, 0.5) is 0 Å². The topological polar surface area (TPSA) is 68.7 Å². The van der Waals surface area contributed by atoms with Crippen LogP contribution in [0.5, 0.6) is 5.75 Å². The number of nitrogens with zero attached hydrogens (tertiary/aromatic N) is 4. The third-order valence-corrected chi connectivity index (χ3v) is 4.54. The van der Waals surface area contributed by atoms with Crippen molar-refractivity contribution in [3.8, 4) is 5.75 Å². The number of aromatic nitrogens is 2. The van der Waals surface area contributed by atoms with Gasteiger partial charge in [0.05, 0.1) is 18.1 Å². The van der Waals surface area contributed by atoms with Gasteiger partial charge < -0.3 is 19.9 Å². The van der Waals surface area contributed by atoms with Gasteiger partial charge in [-0.05, 0) is 30.9 Å². The first-order chi connectivity index (χ1) is 11.1. The van der Waals surface area contributed by atoms with Crippen molar-refractivity contribution in [2.45, 2.75) is 26.3 Å². The smallest absolute Gasteiger partial charge is 0.191 e.